The number of carbonyl (C=O) groups is 1. The minimum absolute atomic E-state index is 0.215. The second-order valence-corrected chi connectivity index (χ2v) is 8.79. The summed E-state index contributed by atoms with van der Waals surface area (Å²) < 4.78 is 0. The molecule has 29 heavy (non-hydrogen) atoms. The van der Waals surface area contributed by atoms with Gasteiger partial charge in [0.05, 0.1) is 0 Å². The van der Waals surface area contributed by atoms with Crippen LogP contribution in [0.4, 0.5) is 0 Å². The lowest BCUT2D eigenvalue weighted by molar-refractivity contribution is -0.121. The summed E-state index contributed by atoms with van der Waals surface area (Å²) >= 11 is 0. The smallest absolute Gasteiger partial charge is 0.220 e. The predicted octanol–water partition coefficient (Wildman–Crippen LogP) is 7.92. The van der Waals surface area contributed by atoms with Crippen molar-refractivity contribution in [2.75, 3.05) is 6.54 Å². The number of benzene rings is 1. The molecule has 166 valence electrons. The van der Waals surface area contributed by atoms with Gasteiger partial charge in [-0.2, -0.15) is 0 Å². The third-order valence-electron chi connectivity index (χ3n) is 5.86. The number of amides is 1. The van der Waals surface area contributed by atoms with Crippen molar-refractivity contribution in [2.24, 2.45) is 0 Å². The molecule has 0 aliphatic heterocycles. The first-order valence-electron chi connectivity index (χ1n) is 12.5. The second-order valence-electron chi connectivity index (χ2n) is 8.79. The summed E-state index contributed by atoms with van der Waals surface area (Å²) in [5.41, 5.74) is 2.58. The van der Waals surface area contributed by atoms with Crippen LogP contribution in [-0.4, -0.2) is 12.5 Å². The molecule has 1 aromatic carbocycles. The average molecular weight is 402 g/mol. The fourth-order valence-electron chi connectivity index (χ4n) is 3.85. The van der Waals surface area contributed by atoms with Crippen LogP contribution >= 0.6 is 0 Å². The van der Waals surface area contributed by atoms with Crippen LogP contribution in [0, 0.1) is 6.92 Å². The summed E-state index contributed by atoms with van der Waals surface area (Å²) in [6.07, 6.45) is 22.0. The van der Waals surface area contributed by atoms with Gasteiger partial charge in [-0.1, -0.05) is 127 Å². The Morgan fingerprint density at radius 3 is 1.62 bits per heavy atom. The minimum atomic E-state index is 0.215. The van der Waals surface area contributed by atoms with Crippen LogP contribution < -0.4 is 5.32 Å². The Balaban J connectivity index is 1.79. The van der Waals surface area contributed by atoms with E-state index >= 15 is 0 Å². The van der Waals surface area contributed by atoms with Gasteiger partial charge in [-0.25, -0.2) is 0 Å². The van der Waals surface area contributed by atoms with Crippen molar-refractivity contribution < 1.29 is 4.79 Å². The van der Waals surface area contributed by atoms with Crippen LogP contribution in [0.5, 0.6) is 0 Å². The van der Waals surface area contributed by atoms with E-state index in [0.717, 1.165) is 19.4 Å². The largest absolute Gasteiger partial charge is 0.356 e. The van der Waals surface area contributed by atoms with Crippen molar-refractivity contribution in [3.63, 3.8) is 0 Å². The molecule has 1 amide bonds. The standard InChI is InChI=1S/C27H47NO/c1-3-4-5-6-7-8-9-10-11-12-13-14-15-16-17-18-27(29)28-24-23-26-21-19-25(2)20-22-26/h19-22H,3-18,23-24H2,1-2H3,(H,28,29). The van der Waals surface area contributed by atoms with E-state index in [0.29, 0.717) is 6.42 Å². The van der Waals surface area contributed by atoms with Crippen molar-refractivity contribution in [1.29, 1.82) is 0 Å². The van der Waals surface area contributed by atoms with E-state index in [4.69, 9.17) is 0 Å². The Morgan fingerprint density at radius 1 is 0.690 bits per heavy atom. The Bertz CT molecular complexity index is 494. The van der Waals surface area contributed by atoms with E-state index in [9.17, 15) is 4.79 Å². The molecule has 1 N–H and O–H groups in total. The van der Waals surface area contributed by atoms with Crippen LogP contribution in [0.2, 0.25) is 0 Å². The summed E-state index contributed by atoms with van der Waals surface area (Å²) in [5.74, 6) is 0.215. The Kier molecular flexibility index (Phi) is 16.6. The van der Waals surface area contributed by atoms with E-state index in [2.05, 4.69) is 43.4 Å². The number of nitrogens with one attached hydrogen (secondary N) is 1. The van der Waals surface area contributed by atoms with Gasteiger partial charge in [-0.15, -0.1) is 0 Å². The maximum atomic E-state index is 11.9. The molecule has 0 saturated heterocycles. The van der Waals surface area contributed by atoms with Gasteiger partial charge in [0.15, 0.2) is 0 Å². The molecule has 0 fully saturated rings. The van der Waals surface area contributed by atoms with Gasteiger partial charge in [0.1, 0.15) is 0 Å². The van der Waals surface area contributed by atoms with Crippen molar-refractivity contribution >= 4 is 5.91 Å². The molecule has 2 heteroatoms. The zero-order valence-corrected chi connectivity index (χ0v) is 19.4. The molecule has 0 aliphatic carbocycles. The van der Waals surface area contributed by atoms with Crippen molar-refractivity contribution in [3.05, 3.63) is 35.4 Å². The summed E-state index contributed by atoms with van der Waals surface area (Å²) in [7, 11) is 0. The minimum Gasteiger partial charge on any atom is -0.356 e. The lowest BCUT2D eigenvalue weighted by Crippen LogP contribution is -2.25. The van der Waals surface area contributed by atoms with Crippen LogP contribution in [0.15, 0.2) is 24.3 Å². The number of hydrogen-bond donors (Lipinski definition) is 1. The monoisotopic (exact) mass is 401 g/mol. The van der Waals surface area contributed by atoms with Crippen molar-refractivity contribution in [2.45, 2.75) is 123 Å². The summed E-state index contributed by atoms with van der Waals surface area (Å²) in [5, 5.41) is 3.06. The molecule has 0 aliphatic rings. The van der Waals surface area contributed by atoms with Gasteiger partial charge >= 0.3 is 0 Å². The number of rotatable bonds is 19. The van der Waals surface area contributed by atoms with E-state index in [-0.39, 0.29) is 5.91 Å². The van der Waals surface area contributed by atoms with Gasteiger partial charge in [-0.05, 0) is 25.3 Å². The molecule has 0 radical (unpaired) electrons. The summed E-state index contributed by atoms with van der Waals surface area (Å²) in [6.45, 7) is 5.13. The highest BCUT2D eigenvalue weighted by Gasteiger charge is 2.01. The normalized spacial score (nSPS) is 11.0. The fraction of sp³-hybridized carbons (Fsp3) is 0.741. The molecule has 0 atom stereocenters. The molecule has 0 bridgehead atoms. The average Bonchev–Trinajstić information content (AvgIpc) is 2.72. The number of aryl methyl sites for hydroxylation is 1. The maximum absolute atomic E-state index is 11.9. The molecular formula is C27H47NO. The molecule has 0 saturated carbocycles. The van der Waals surface area contributed by atoms with Gasteiger partial charge < -0.3 is 5.32 Å². The van der Waals surface area contributed by atoms with Crippen LogP contribution in [-0.2, 0) is 11.2 Å². The zero-order chi connectivity index (χ0) is 21.0. The molecule has 0 heterocycles. The first-order chi connectivity index (χ1) is 14.2. The molecule has 1 aromatic rings. The first kappa shape index (κ1) is 25.7. The Morgan fingerprint density at radius 2 is 1.14 bits per heavy atom. The van der Waals surface area contributed by atoms with Crippen LogP contribution in [0.1, 0.15) is 121 Å². The van der Waals surface area contributed by atoms with Gasteiger partial charge in [0, 0.05) is 13.0 Å². The quantitative estimate of drug-likeness (QED) is 0.234. The highest BCUT2D eigenvalue weighted by atomic mass is 16.1. The topological polar surface area (TPSA) is 29.1 Å². The third kappa shape index (κ3) is 16.2. The lowest BCUT2D eigenvalue weighted by Gasteiger charge is -2.06. The van der Waals surface area contributed by atoms with Gasteiger partial charge in [0.25, 0.3) is 0 Å². The summed E-state index contributed by atoms with van der Waals surface area (Å²) in [6, 6.07) is 8.56. The zero-order valence-electron chi connectivity index (χ0n) is 19.4. The van der Waals surface area contributed by atoms with E-state index in [1.54, 1.807) is 0 Å². The van der Waals surface area contributed by atoms with Crippen molar-refractivity contribution in [3.8, 4) is 0 Å². The third-order valence-corrected chi connectivity index (χ3v) is 5.86. The summed E-state index contributed by atoms with van der Waals surface area (Å²) in [4.78, 5) is 11.9. The predicted molar refractivity (Wildman–Crippen MR) is 127 cm³/mol. The number of hydrogen-bond acceptors (Lipinski definition) is 1. The molecule has 1 rings (SSSR count). The van der Waals surface area contributed by atoms with E-state index < -0.39 is 0 Å². The Labute approximate surface area is 181 Å². The number of unbranched alkanes of at least 4 members (excludes halogenated alkanes) is 14. The molecule has 0 spiro atoms. The van der Waals surface area contributed by atoms with E-state index in [1.165, 1.54) is 101 Å². The van der Waals surface area contributed by atoms with Gasteiger partial charge in [-0.3, -0.25) is 4.79 Å². The fourth-order valence-corrected chi connectivity index (χ4v) is 3.85. The number of carbonyl (C=O) groups excluding carboxylic acids is 1. The highest BCUT2D eigenvalue weighted by molar-refractivity contribution is 5.75. The lowest BCUT2D eigenvalue weighted by atomic mass is 10.0. The molecule has 0 aromatic heterocycles. The van der Waals surface area contributed by atoms with Crippen molar-refractivity contribution in [1.82, 2.24) is 5.32 Å². The van der Waals surface area contributed by atoms with Crippen LogP contribution in [0.3, 0.4) is 0 Å². The SMILES string of the molecule is CCCCCCCCCCCCCCCCCC(=O)NCCc1ccc(C)cc1. The molecule has 0 unspecified atom stereocenters. The first-order valence-corrected chi connectivity index (χ1v) is 12.5. The maximum Gasteiger partial charge on any atom is 0.220 e. The van der Waals surface area contributed by atoms with Gasteiger partial charge in [0.2, 0.25) is 5.91 Å². The Hall–Kier alpha value is -1.31. The molecular weight excluding hydrogens is 354 g/mol. The molecule has 2 nitrogen and oxygen atoms in total. The van der Waals surface area contributed by atoms with Crippen LogP contribution in [0.25, 0.3) is 0 Å². The highest BCUT2D eigenvalue weighted by Crippen LogP contribution is 2.13. The van der Waals surface area contributed by atoms with E-state index in [1.807, 2.05) is 0 Å². The second kappa shape index (κ2) is 18.7.